The molecule has 0 spiro atoms. The molecule has 0 unspecified atom stereocenters. The Hall–Kier alpha value is -2.62. The van der Waals surface area contributed by atoms with Gasteiger partial charge in [0.05, 0.1) is 5.69 Å². The Morgan fingerprint density at radius 1 is 1.04 bits per heavy atom. The minimum absolute atomic E-state index is 0.0188. The Kier molecular flexibility index (Phi) is 5.09. The van der Waals surface area contributed by atoms with E-state index in [9.17, 15) is 4.79 Å². The Labute approximate surface area is 162 Å². The molecular weight excluding hydrogens is 334 g/mol. The number of hydrogen-bond donors (Lipinski definition) is 0. The lowest BCUT2D eigenvalue weighted by Crippen LogP contribution is -2.49. The van der Waals surface area contributed by atoms with E-state index >= 15 is 0 Å². The zero-order chi connectivity index (χ0) is 19.8. The van der Waals surface area contributed by atoms with Crippen molar-refractivity contribution < 1.29 is 4.79 Å². The van der Waals surface area contributed by atoms with Crippen LogP contribution in [0.1, 0.15) is 57.5 Å². The van der Waals surface area contributed by atoms with Crippen LogP contribution in [0.5, 0.6) is 0 Å². The maximum Gasteiger partial charge on any atom is 0.196 e. The van der Waals surface area contributed by atoms with Gasteiger partial charge in [0.15, 0.2) is 17.8 Å². The summed E-state index contributed by atoms with van der Waals surface area (Å²) in [5, 5.41) is 6.74. The predicted molar refractivity (Wildman–Crippen MR) is 112 cm³/mol. The monoisotopic (exact) mass is 363 g/mol. The molecule has 3 rings (SSSR count). The molecule has 1 heterocycles. The summed E-state index contributed by atoms with van der Waals surface area (Å²) >= 11 is 0. The first-order valence-electron chi connectivity index (χ1n) is 9.56. The Morgan fingerprint density at radius 3 is 2.11 bits per heavy atom. The standard InChI is InChI=1S/C23H29N3O/c1-7-18-10-12-19(13-11-18)22-25(23(4,5)6)21(17(3)27)24-26(22)20-14-8-16(2)9-15-20/h8-15,22H,7H2,1-6H3/t22-/m0/s1. The van der Waals surface area contributed by atoms with E-state index in [1.165, 1.54) is 11.1 Å². The topological polar surface area (TPSA) is 35.9 Å². The number of anilines is 1. The van der Waals surface area contributed by atoms with Crippen molar-refractivity contribution in [2.75, 3.05) is 5.01 Å². The van der Waals surface area contributed by atoms with Gasteiger partial charge in [-0.15, -0.1) is 5.10 Å². The molecule has 27 heavy (non-hydrogen) atoms. The molecule has 0 N–H and O–H groups in total. The summed E-state index contributed by atoms with van der Waals surface area (Å²) in [7, 11) is 0. The van der Waals surface area contributed by atoms with Crippen molar-refractivity contribution in [3.05, 3.63) is 65.2 Å². The summed E-state index contributed by atoms with van der Waals surface area (Å²) in [6.07, 6.45) is 0.850. The number of carbonyl (C=O) groups excluding carboxylic acids is 1. The molecule has 1 aliphatic rings. The second-order valence-electron chi connectivity index (χ2n) is 8.17. The smallest absolute Gasteiger partial charge is 0.196 e. The Morgan fingerprint density at radius 2 is 1.63 bits per heavy atom. The summed E-state index contributed by atoms with van der Waals surface area (Å²) in [4.78, 5) is 14.5. The molecule has 0 saturated heterocycles. The van der Waals surface area contributed by atoms with Crippen molar-refractivity contribution in [2.45, 2.75) is 59.7 Å². The SMILES string of the molecule is CCc1ccc([C@@H]2N(c3ccc(C)cc3)N=C(C(C)=O)N2C(C)(C)C)cc1. The van der Waals surface area contributed by atoms with E-state index in [-0.39, 0.29) is 17.5 Å². The molecule has 1 aliphatic heterocycles. The quantitative estimate of drug-likeness (QED) is 0.760. The fraction of sp³-hybridized carbons (Fsp3) is 0.391. The van der Waals surface area contributed by atoms with Gasteiger partial charge in [0.25, 0.3) is 0 Å². The van der Waals surface area contributed by atoms with Gasteiger partial charge in [0.1, 0.15) is 0 Å². The molecule has 142 valence electrons. The van der Waals surface area contributed by atoms with Gasteiger partial charge in [-0.05, 0) is 57.4 Å². The number of hydrazone groups is 1. The molecule has 4 heteroatoms. The highest BCUT2D eigenvalue weighted by Gasteiger charge is 2.43. The number of ketones is 1. The highest BCUT2D eigenvalue weighted by atomic mass is 16.1. The molecule has 0 fully saturated rings. The van der Waals surface area contributed by atoms with Gasteiger partial charge in [0.2, 0.25) is 0 Å². The fourth-order valence-corrected chi connectivity index (χ4v) is 3.47. The number of carbonyl (C=O) groups is 1. The van der Waals surface area contributed by atoms with Crippen molar-refractivity contribution in [3.8, 4) is 0 Å². The van der Waals surface area contributed by atoms with Crippen LogP contribution in [0.2, 0.25) is 0 Å². The Bertz CT molecular complexity index is 845. The first kappa shape index (κ1) is 19.2. The van der Waals surface area contributed by atoms with Crippen molar-refractivity contribution >= 4 is 17.3 Å². The molecule has 2 aromatic rings. The number of amidine groups is 1. The van der Waals surface area contributed by atoms with Crippen LogP contribution in [0.15, 0.2) is 53.6 Å². The van der Waals surface area contributed by atoms with Gasteiger partial charge in [-0.1, -0.05) is 48.9 Å². The van der Waals surface area contributed by atoms with Gasteiger partial charge >= 0.3 is 0 Å². The molecule has 0 bridgehead atoms. The minimum atomic E-state index is -0.252. The lowest BCUT2D eigenvalue weighted by Gasteiger charge is -2.40. The average Bonchev–Trinajstić information content (AvgIpc) is 3.04. The molecule has 0 aromatic heterocycles. The van der Waals surface area contributed by atoms with Crippen molar-refractivity contribution in [3.63, 3.8) is 0 Å². The maximum absolute atomic E-state index is 12.4. The molecule has 0 amide bonds. The number of nitrogens with zero attached hydrogens (tertiary/aromatic N) is 3. The van der Waals surface area contributed by atoms with Gasteiger partial charge in [-0.2, -0.15) is 0 Å². The van der Waals surface area contributed by atoms with Crippen LogP contribution in [0, 0.1) is 6.92 Å². The minimum Gasteiger partial charge on any atom is -0.321 e. The van der Waals surface area contributed by atoms with E-state index < -0.39 is 0 Å². The molecule has 0 radical (unpaired) electrons. The van der Waals surface area contributed by atoms with Crippen LogP contribution in [0.3, 0.4) is 0 Å². The second kappa shape index (κ2) is 7.18. The lowest BCUT2D eigenvalue weighted by molar-refractivity contribution is -0.112. The maximum atomic E-state index is 12.4. The highest BCUT2D eigenvalue weighted by Crippen LogP contribution is 2.40. The Balaban J connectivity index is 2.14. The third-order valence-electron chi connectivity index (χ3n) is 4.93. The predicted octanol–water partition coefficient (Wildman–Crippen LogP) is 5.08. The van der Waals surface area contributed by atoms with E-state index in [1.807, 2.05) is 5.01 Å². The molecule has 0 saturated carbocycles. The van der Waals surface area contributed by atoms with E-state index in [2.05, 4.69) is 88.0 Å². The first-order valence-corrected chi connectivity index (χ1v) is 9.56. The third kappa shape index (κ3) is 3.75. The summed E-state index contributed by atoms with van der Waals surface area (Å²) in [5.41, 5.74) is 4.36. The lowest BCUT2D eigenvalue weighted by atomic mass is 10.00. The largest absolute Gasteiger partial charge is 0.321 e. The fourth-order valence-electron chi connectivity index (χ4n) is 3.47. The molecule has 2 aromatic carbocycles. The van der Waals surface area contributed by atoms with Crippen LogP contribution in [-0.2, 0) is 11.2 Å². The van der Waals surface area contributed by atoms with E-state index in [0.717, 1.165) is 17.7 Å². The van der Waals surface area contributed by atoms with E-state index in [4.69, 9.17) is 5.10 Å². The summed E-state index contributed by atoms with van der Waals surface area (Å²) < 4.78 is 0. The summed E-state index contributed by atoms with van der Waals surface area (Å²) in [6, 6.07) is 16.9. The molecule has 0 aliphatic carbocycles. The number of hydrogen-bond acceptors (Lipinski definition) is 4. The van der Waals surface area contributed by atoms with Crippen molar-refractivity contribution in [2.24, 2.45) is 5.10 Å². The number of Topliss-reactive ketones (excluding diaryl/α,β-unsaturated/α-hetero) is 1. The second-order valence-corrected chi connectivity index (χ2v) is 8.17. The number of benzene rings is 2. The zero-order valence-corrected chi connectivity index (χ0v) is 17.2. The van der Waals surface area contributed by atoms with Crippen molar-refractivity contribution in [1.29, 1.82) is 0 Å². The molecule has 4 nitrogen and oxygen atoms in total. The molecular formula is C23H29N3O. The van der Waals surface area contributed by atoms with Crippen LogP contribution < -0.4 is 5.01 Å². The van der Waals surface area contributed by atoms with Gasteiger partial charge in [-0.25, -0.2) is 5.01 Å². The van der Waals surface area contributed by atoms with Crippen LogP contribution in [0.25, 0.3) is 0 Å². The van der Waals surface area contributed by atoms with Gasteiger partial charge in [0, 0.05) is 12.5 Å². The normalized spacial score (nSPS) is 17.3. The van der Waals surface area contributed by atoms with Crippen LogP contribution >= 0.6 is 0 Å². The number of rotatable bonds is 4. The first-order chi connectivity index (χ1) is 12.7. The summed E-state index contributed by atoms with van der Waals surface area (Å²) in [6.45, 7) is 12.2. The van der Waals surface area contributed by atoms with E-state index in [1.54, 1.807) is 6.92 Å². The summed E-state index contributed by atoms with van der Waals surface area (Å²) in [5.74, 6) is 0.488. The number of aryl methyl sites for hydroxylation is 2. The molecule has 1 atom stereocenters. The van der Waals surface area contributed by atoms with Gasteiger partial charge < -0.3 is 4.90 Å². The van der Waals surface area contributed by atoms with E-state index in [0.29, 0.717) is 5.84 Å². The van der Waals surface area contributed by atoms with Gasteiger partial charge in [-0.3, -0.25) is 4.79 Å². The average molecular weight is 364 g/mol. The zero-order valence-electron chi connectivity index (χ0n) is 17.2. The van der Waals surface area contributed by atoms with Crippen molar-refractivity contribution in [1.82, 2.24) is 4.90 Å². The van der Waals surface area contributed by atoms with Crippen LogP contribution in [0.4, 0.5) is 5.69 Å². The third-order valence-corrected chi connectivity index (χ3v) is 4.93. The van der Waals surface area contributed by atoms with Crippen LogP contribution in [-0.4, -0.2) is 22.1 Å². The highest BCUT2D eigenvalue weighted by molar-refractivity contribution is 6.38.